The van der Waals surface area contributed by atoms with Crippen LogP contribution in [0.4, 0.5) is 5.69 Å². The number of pyridine rings is 1. The first-order valence-electron chi connectivity index (χ1n) is 10.6. The lowest BCUT2D eigenvalue weighted by Gasteiger charge is -2.22. The summed E-state index contributed by atoms with van der Waals surface area (Å²) in [6.07, 6.45) is 3.38. The van der Waals surface area contributed by atoms with Crippen LogP contribution in [0.1, 0.15) is 32.2 Å². The van der Waals surface area contributed by atoms with Crippen molar-refractivity contribution >= 4 is 29.1 Å². The standard InChI is InChI=1S/C23H24ClN5O4/c1-13(2)20(23-27-21(28-33-23)14-5-4-8-25-11-14)26-22(31)15-9-19(30)29(12-15)17-10-16(24)6-7-18(17)32-3/h4-8,10-11,13,15,20H,9,12H2,1-3H3,(H,26,31). The number of carbonyl (C=O) groups excluding carboxylic acids is 2. The van der Waals surface area contributed by atoms with Gasteiger partial charge in [0.1, 0.15) is 11.8 Å². The fraction of sp³-hybridized carbons (Fsp3) is 0.348. The van der Waals surface area contributed by atoms with E-state index in [2.05, 4.69) is 20.4 Å². The molecule has 10 heteroatoms. The van der Waals surface area contributed by atoms with Crippen LogP contribution in [0.5, 0.6) is 5.75 Å². The molecule has 1 aliphatic rings. The topological polar surface area (TPSA) is 110 Å². The molecule has 1 fully saturated rings. The van der Waals surface area contributed by atoms with Crippen molar-refractivity contribution in [2.75, 3.05) is 18.6 Å². The minimum Gasteiger partial charge on any atom is -0.495 e. The van der Waals surface area contributed by atoms with Gasteiger partial charge in [-0.2, -0.15) is 4.98 Å². The van der Waals surface area contributed by atoms with Crippen molar-refractivity contribution in [3.05, 3.63) is 53.6 Å². The van der Waals surface area contributed by atoms with Gasteiger partial charge in [0.2, 0.25) is 23.5 Å². The van der Waals surface area contributed by atoms with Gasteiger partial charge >= 0.3 is 0 Å². The first-order valence-corrected chi connectivity index (χ1v) is 10.9. The van der Waals surface area contributed by atoms with Crippen molar-refractivity contribution in [3.63, 3.8) is 0 Å². The number of methoxy groups -OCH3 is 1. The number of benzene rings is 1. The molecule has 0 aliphatic carbocycles. The first-order chi connectivity index (χ1) is 15.9. The molecule has 3 heterocycles. The second-order valence-corrected chi connectivity index (χ2v) is 8.59. The van der Waals surface area contributed by atoms with Crippen molar-refractivity contribution in [2.24, 2.45) is 11.8 Å². The van der Waals surface area contributed by atoms with Gasteiger partial charge in [0, 0.05) is 35.9 Å². The smallest absolute Gasteiger partial charge is 0.249 e. The normalized spacial score (nSPS) is 16.8. The van der Waals surface area contributed by atoms with Crippen LogP contribution in [0.15, 0.2) is 47.2 Å². The summed E-state index contributed by atoms with van der Waals surface area (Å²) in [5.41, 5.74) is 1.26. The summed E-state index contributed by atoms with van der Waals surface area (Å²) in [5, 5.41) is 7.48. The average molecular weight is 470 g/mol. The predicted molar refractivity (Wildman–Crippen MR) is 122 cm³/mol. The highest BCUT2D eigenvalue weighted by molar-refractivity contribution is 6.31. The Morgan fingerprint density at radius 2 is 2.15 bits per heavy atom. The molecule has 2 atom stereocenters. The number of aromatic nitrogens is 3. The third-order valence-corrected chi connectivity index (χ3v) is 5.75. The molecule has 2 amide bonds. The molecule has 1 aliphatic heterocycles. The number of hydrogen-bond acceptors (Lipinski definition) is 7. The number of rotatable bonds is 7. The van der Waals surface area contributed by atoms with Crippen LogP contribution in [-0.2, 0) is 9.59 Å². The Morgan fingerprint density at radius 1 is 1.33 bits per heavy atom. The number of nitrogens with one attached hydrogen (secondary N) is 1. The Morgan fingerprint density at radius 3 is 2.85 bits per heavy atom. The number of anilines is 1. The fourth-order valence-electron chi connectivity index (χ4n) is 3.75. The number of halogens is 1. The number of carbonyl (C=O) groups is 2. The molecular formula is C23H24ClN5O4. The minimum absolute atomic E-state index is 0.0163. The van der Waals surface area contributed by atoms with E-state index in [9.17, 15) is 9.59 Å². The lowest BCUT2D eigenvalue weighted by atomic mass is 10.0. The Kier molecular flexibility index (Phi) is 6.60. The van der Waals surface area contributed by atoms with Crippen LogP contribution in [0, 0.1) is 11.8 Å². The van der Waals surface area contributed by atoms with Gasteiger partial charge in [-0.1, -0.05) is 30.6 Å². The fourth-order valence-corrected chi connectivity index (χ4v) is 3.91. The number of hydrogen-bond donors (Lipinski definition) is 1. The van der Waals surface area contributed by atoms with Crippen LogP contribution in [0.3, 0.4) is 0 Å². The van der Waals surface area contributed by atoms with Crippen molar-refractivity contribution in [3.8, 4) is 17.1 Å². The SMILES string of the molecule is COc1ccc(Cl)cc1N1CC(C(=O)NC(c2nc(-c3cccnc3)no2)C(C)C)CC1=O. The van der Waals surface area contributed by atoms with Gasteiger partial charge in [0.05, 0.1) is 18.7 Å². The molecule has 0 saturated carbocycles. The largest absolute Gasteiger partial charge is 0.495 e. The summed E-state index contributed by atoms with van der Waals surface area (Å²) >= 11 is 6.12. The molecule has 2 aromatic heterocycles. The molecule has 9 nitrogen and oxygen atoms in total. The Bertz CT molecular complexity index is 1150. The molecule has 172 valence electrons. The van der Waals surface area contributed by atoms with Gasteiger partial charge in [-0.15, -0.1) is 0 Å². The van der Waals surface area contributed by atoms with E-state index in [1.807, 2.05) is 19.9 Å². The summed E-state index contributed by atoms with van der Waals surface area (Å²) in [4.78, 5) is 35.9. The highest BCUT2D eigenvalue weighted by atomic mass is 35.5. The zero-order valence-corrected chi connectivity index (χ0v) is 19.2. The van der Waals surface area contributed by atoms with E-state index in [4.69, 9.17) is 20.9 Å². The van der Waals surface area contributed by atoms with Crippen LogP contribution < -0.4 is 15.0 Å². The lowest BCUT2D eigenvalue weighted by molar-refractivity contribution is -0.127. The molecule has 0 bridgehead atoms. The summed E-state index contributed by atoms with van der Waals surface area (Å²) in [6, 6.07) is 8.15. The van der Waals surface area contributed by atoms with E-state index in [-0.39, 0.29) is 30.7 Å². The van der Waals surface area contributed by atoms with Gasteiger partial charge < -0.3 is 19.5 Å². The number of nitrogens with zero attached hydrogens (tertiary/aromatic N) is 4. The summed E-state index contributed by atoms with van der Waals surface area (Å²) in [5.74, 6) is 0.228. The van der Waals surface area contributed by atoms with Gasteiger partial charge in [-0.3, -0.25) is 14.6 Å². The quantitative estimate of drug-likeness (QED) is 0.562. The summed E-state index contributed by atoms with van der Waals surface area (Å²) in [7, 11) is 1.52. The average Bonchev–Trinajstić information content (AvgIpc) is 3.45. The second kappa shape index (κ2) is 9.58. The molecule has 1 N–H and O–H groups in total. The Labute approximate surface area is 196 Å². The van der Waals surface area contributed by atoms with Crippen LogP contribution in [0.25, 0.3) is 11.4 Å². The van der Waals surface area contributed by atoms with Crippen LogP contribution in [0.2, 0.25) is 5.02 Å². The van der Waals surface area contributed by atoms with E-state index >= 15 is 0 Å². The highest BCUT2D eigenvalue weighted by Crippen LogP contribution is 2.35. The van der Waals surface area contributed by atoms with E-state index < -0.39 is 12.0 Å². The maximum Gasteiger partial charge on any atom is 0.249 e. The number of ether oxygens (including phenoxy) is 1. The van der Waals surface area contributed by atoms with E-state index in [0.29, 0.717) is 33.7 Å². The van der Waals surface area contributed by atoms with Crippen LogP contribution >= 0.6 is 11.6 Å². The van der Waals surface area contributed by atoms with Gasteiger partial charge in [-0.05, 0) is 36.2 Å². The van der Waals surface area contributed by atoms with Crippen molar-refractivity contribution < 1.29 is 18.8 Å². The Balaban J connectivity index is 1.49. The zero-order valence-electron chi connectivity index (χ0n) is 18.5. The molecule has 1 saturated heterocycles. The number of amides is 2. The summed E-state index contributed by atoms with van der Waals surface area (Å²) < 4.78 is 10.8. The molecule has 0 spiro atoms. The predicted octanol–water partition coefficient (Wildman–Crippen LogP) is 3.66. The molecule has 4 rings (SSSR count). The third kappa shape index (κ3) is 4.83. The van der Waals surface area contributed by atoms with Crippen molar-refractivity contribution in [1.29, 1.82) is 0 Å². The van der Waals surface area contributed by atoms with E-state index in [1.165, 1.54) is 12.0 Å². The maximum absolute atomic E-state index is 13.1. The molecule has 3 aromatic rings. The van der Waals surface area contributed by atoms with Gasteiger partial charge in [-0.25, -0.2) is 0 Å². The second-order valence-electron chi connectivity index (χ2n) is 8.15. The van der Waals surface area contributed by atoms with E-state index in [0.717, 1.165) is 0 Å². The van der Waals surface area contributed by atoms with E-state index in [1.54, 1.807) is 36.7 Å². The molecule has 33 heavy (non-hydrogen) atoms. The maximum atomic E-state index is 13.1. The van der Waals surface area contributed by atoms with Crippen molar-refractivity contribution in [1.82, 2.24) is 20.4 Å². The summed E-state index contributed by atoms with van der Waals surface area (Å²) in [6.45, 7) is 4.11. The molecule has 0 radical (unpaired) electrons. The van der Waals surface area contributed by atoms with Crippen LogP contribution in [-0.4, -0.2) is 40.6 Å². The molecule has 1 aromatic carbocycles. The third-order valence-electron chi connectivity index (χ3n) is 5.52. The van der Waals surface area contributed by atoms with Crippen molar-refractivity contribution in [2.45, 2.75) is 26.3 Å². The van der Waals surface area contributed by atoms with Gasteiger partial charge in [0.25, 0.3) is 0 Å². The Hall–Kier alpha value is -3.46. The minimum atomic E-state index is -0.539. The zero-order chi connectivity index (χ0) is 23.5. The monoisotopic (exact) mass is 469 g/mol. The first kappa shape index (κ1) is 22.7. The lowest BCUT2D eigenvalue weighted by Crippen LogP contribution is -2.37. The highest BCUT2D eigenvalue weighted by Gasteiger charge is 2.38. The molecule has 2 unspecified atom stereocenters. The molecular weight excluding hydrogens is 446 g/mol. The van der Waals surface area contributed by atoms with Gasteiger partial charge in [0.15, 0.2) is 0 Å².